The first kappa shape index (κ1) is 16.1. The number of ether oxygens (including phenoxy) is 1. The van der Waals surface area contributed by atoms with E-state index < -0.39 is 0 Å². The first-order chi connectivity index (χ1) is 12.2. The second-order valence-electron chi connectivity index (χ2n) is 7.12. The Morgan fingerprint density at radius 1 is 1.16 bits per heavy atom. The molecule has 2 fully saturated rings. The van der Waals surface area contributed by atoms with Crippen molar-refractivity contribution in [1.29, 1.82) is 0 Å². The van der Waals surface area contributed by atoms with Crippen LogP contribution in [0.25, 0.3) is 0 Å². The van der Waals surface area contributed by atoms with Crippen LogP contribution in [0.15, 0.2) is 30.3 Å². The SMILES string of the molecule is COC(=O)C1CCN(c2nnc(C3(c4ccccc4)CC3)n2C)CC1. The van der Waals surface area contributed by atoms with Gasteiger partial charge in [-0.15, -0.1) is 10.2 Å². The van der Waals surface area contributed by atoms with Gasteiger partial charge in [-0.25, -0.2) is 0 Å². The van der Waals surface area contributed by atoms with Gasteiger partial charge >= 0.3 is 5.97 Å². The molecule has 0 atom stereocenters. The molecule has 0 N–H and O–H groups in total. The molecule has 2 aromatic rings. The van der Waals surface area contributed by atoms with Crippen LogP contribution in [0.5, 0.6) is 0 Å². The lowest BCUT2D eigenvalue weighted by Crippen LogP contribution is -2.38. The van der Waals surface area contributed by atoms with Gasteiger partial charge in [0.15, 0.2) is 0 Å². The largest absolute Gasteiger partial charge is 0.469 e. The maximum atomic E-state index is 11.7. The molecule has 1 aromatic carbocycles. The molecule has 4 rings (SSSR count). The van der Waals surface area contributed by atoms with Crippen LogP contribution in [-0.2, 0) is 22.0 Å². The maximum Gasteiger partial charge on any atom is 0.308 e. The van der Waals surface area contributed by atoms with Crippen molar-refractivity contribution in [1.82, 2.24) is 14.8 Å². The minimum atomic E-state index is -0.0979. The van der Waals surface area contributed by atoms with Crippen LogP contribution in [0.4, 0.5) is 5.95 Å². The smallest absolute Gasteiger partial charge is 0.308 e. The highest BCUT2D eigenvalue weighted by atomic mass is 16.5. The number of hydrogen-bond acceptors (Lipinski definition) is 5. The first-order valence-electron chi connectivity index (χ1n) is 8.94. The van der Waals surface area contributed by atoms with E-state index in [0.29, 0.717) is 0 Å². The minimum absolute atomic E-state index is 0.00745. The van der Waals surface area contributed by atoms with Gasteiger partial charge < -0.3 is 9.64 Å². The molecule has 0 spiro atoms. The monoisotopic (exact) mass is 340 g/mol. The van der Waals surface area contributed by atoms with E-state index in [4.69, 9.17) is 4.74 Å². The van der Waals surface area contributed by atoms with Gasteiger partial charge in [0.1, 0.15) is 5.82 Å². The summed E-state index contributed by atoms with van der Waals surface area (Å²) < 4.78 is 7.01. The number of benzene rings is 1. The number of rotatable bonds is 4. The number of methoxy groups -OCH3 is 1. The molecule has 1 saturated carbocycles. The third-order valence-corrected chi connectivity index (χ3v) is 5.67. The molecule has 132 valence electrons. The topological polar surface area (TPSA) is 60.2 Å². The highest BCUT2D eigenvalue weighted by Gasteiger charge is 2.50. The van der Waals surface area contributed by atoms with Crippen molar-refractivity contribution >= 4 is 11.9 Å². The molecule has 1 aliphatic heterocycles. The van der Waals surface area contributed by atoms with Crippen molar-refractivity contribution in [3.05, 3.63) is 41.7 Å². The standard InChI is InChI=1S/C19H24N4O2/c1-22-17(19(10-11-19)15-6-4-3-5-7-15)20-21-18(22)23-12-8-14(9-13-23)16(24)25-2/h3-7,14H,8-13H2,1-2H3. The average Bonchev–Trinajstić information content (AvgIpc) is 3.38. The Morgan fingerprint density at radius 3 is 2.44 bits per heavy atom. The molecule has 2 heterocycles. The molecule has 1 aliphatic carbocycles. The van der Waals surface area contributed by atoms with Crippen molar-refractivity contribution in [3.63, 3.8) is 0 Å². The summed E-state index contributed by atoms with van der Waals surface area (Å²) in [5.74, 6) is 1.86. The minimum Gasteiger partial charge on any atom is -0.469 e. The average molecular weight is 340 g/mol. The lowest BCUT2D eigenvalue weighted by Gasteiger charge is -2.31. The fourth-order valence-corrected chi connectivity index (χ4v) is 4.02. The third kappa shape index (κ3) is 2.69. The molecular formula is C19H24N4O2. The fourth-order valence-electron chi connectivity index (χ4n) is 4.02. The number of carbonyl (C=O) groups excluding carboxylic acids is 1. The van der Waals surface area contributed by atoms with Crippen LogP contribution in [0.3, 0.4) is 0 Å². The number of nitrogens with zero attached hydrogens (tertiary/aromatic N) is 4. The second-order valence-corrected chi connectivity index (χ2v) is 7.12. The maximum absolute atomic E-state index is 11.7. The van der Waals surface area contributed by atoms with Crippen molar-refractivity contribution in [3.8, 4) is 0 Å². The first-order valence-corrected chi connectivity index (χ1v) is 8.94. The van der Waals surface area contributed by atoms with Gasteiger partial charge in [-0.2, -0.15) is 0 Å². The van der Waals surface area contributed by atoms with Crippen LogP contribution >= 0.6 is 0 Å². The Morgan fingerprint density at radius 2 is 1.84 bits per heavy atom. The summed E-state index contributed by atoms with van der Waals surface area (Å²) in [5, 5.41) is 9.04. The number of esters is 1. The van der Waals surface area contributed by atoms with E-state index in [-0.39, 0.29) is 17.3 Å². The summed E-state index contributed by atoms with van der Waals surface area (Å²) in [4.78, 5) is 13.9. The zero-order valence-electron chi connectivity index (χ0n) is 14.8. The molecule has 1 saturated heterocycles. The van der Waals surface area contributed by atoms with Crippen molar-refractivity contribution in [2.24, 2.45) is 13.0 Å². The van der Waals surface area contributed by atoms with E-state index in [1.54, 1.807) is 0 Å². The summed E-state index contributed by atoms with van der Waals surface area (Å²) in [6.07, 6.45) is 3.85. The van der Waals surface area contributed by atoms with Gasteiger partial charge in [-0.3, -0.25) is 9.36 Å². The zero-order chi connectivity index (χ0) is 17.4. The van der Waals surface area contributed by atoms with Crippen molar-refractivity contribution < 1.29 is 9.53 Å². The highest BCUT2D eigenvalue weighted by Crippen LogP contribution is 2.52. The molecular weight excluding hydrogens is 316 g/mol. The Bertz CT molecular complexity index is 759. The Labute approximate surface area is 147 Å². The Balaban J connectivity index is 1.54. The Kier molecular flexibility index (Phi) is 3.98. The van der Waals surface area contributed by atoms with E-state index in [2.05, 4.69) is 51.0 Å². The van der Waals surface area contributed by atoms with E-state index in [9.17, 15) is 4.79 Å². The lowest BCUT2D eigenvalue weighted by atomic mass is 9.95. The molecule has 0 bridgehead atoms. The van der Waals surface area contributed by atoms with Crippen molar-refractivity contribution in [2.75, 3.05) is 25.1 Å². The van der Waals surface area contributed by atoms with Gasteiger partial charge in [0.2, 0.25) is 5.95 Å². The summed E-state index contributed by atoms with van der Waals surface area (Å²) in [5.41, 5.74) is 1.34. The number of carbonyl (C=O) groups is 1. The molecule has 0 unspecified atom stereocenters. The zero-order valence-corrected chi connectivity index (χ0v) is 14.8. The van der Waals surface area contributed by atoms with E-state index >= 15 is 0 Å². The van der Waals surface area contributed by atoms with E-state index in [0.717, 1.165) is 50.5 Å². The van der Waals surface area contributed by atoms with Crippen LogP contribution < -0.4 is 4.90 Å². The molecule has 25 heavy (non-hydrogen) atoms. The third-order valence-electron chi connectivity index (χ3n) is 5.67. The molecule has 6 heteroatoms. The lowest BCUT2D eigenvalue weighted by molar-refractivity contribution is -0.146. The summed E-state index contributed by atoms with van der Waals surface area (Å²) >= 11 is 0. The normalized spacial score (nSPS) is 19.7. The van der Waals surface area contributed by atoms with E-state index in [1.807, 2.05) is 6.07 Å². The molecule has 0 amide bonds. The molecule has 2 aliphatic rings. The predicted octanol–water partition coefficient (Wildman–Crippen LogP) is 2.28. The summed E-state index contributed by atoms with van der Waals surface area (Å²) in [6.45, 7) is 1.62. The molecule has 6 nitrogen and oxygen atoms in total. The molecule has 0 radical (unpaired) electrons. The predicted molar refractivity (Wildman–Crippen MR) is 94.4 cm³/mol. The van der Waals surface area contributed by atoms with Gasteiger partial charge in [-0.05, 0) is 31.2 Å². The van der Waals surface area contributed by atoms with Crippen LogP contribution in [-0.4, -0.2) is 40.9 Å². The fraction of sp³-hybridized carbons (Fsp3) is 0.526. The van der Waals surface area contributed by atoms with Crippen molar-refractivity contribution in [2.45, 2.75) is 31.1 Å². The Hall–Kier alpha value is -2.37. The van der Waals surface area contributed by atoms with Gasteiger partial charge in [0.25, 0.3) is 0 Å². The molecule has 1 aromatic heterocycles. The van der Waals surface area contributed by atoms with Gasteiger partial charge in [0, 0.05) is 20.1 Å². The highest BCUT2D eigenvalue weighted by molar-refractivity contribution is 5.72. The van der Waals surface area contributed by atoms with Crippen LogP contribution in [0.1, 0.15) is 37.1 Å². The van der Waals surface area contributed by atoms with Crippen LogP contribution in [0, 0.1) is 5.92 Å². The number of piperidine rings is 1. The second kappa shape index (κ2) is 6.17. The van der Waals surface area contributed by atoms with Gasteiger partial charge in [-0.1, -0.05) is 30.3 Å². The number of hydrogen-bond donors (Lipinski definition) is 0. The van der Waals surface area contributed by atoms with Crippen LogP contribution in [0.2, 0.25) is 0 Å². The number of anilines is 1. The number of aromatic nitrogens is 3. The summed E-state index contributed by atoms with van der Waals surface area (Å²) in [6, 6.07) is 10.6. The van der Waals surface area contributed by atoms with E-state index in [1.165, 1.54) is 12.7 Å². The summed E-state index contributed by atoms with van der Waals surface area (Å²) in [7, 11) is 3.52. The quantitative estimate of drug-likeness (QED) is 0.799. The van der Waals surface area contributed by atoms with Gasteiger partial charge in [0.05, 0.1) is 18.4 Å².